The van der Waals surface area contributed by atoms with Crippen molar-refractivity contribution in [2.75, 3.05) is 20.2 Å². The molecule has 0 saturated carbocycles. The van der Waals surface area contributed by atoms with Gasteiger partial charge in [-0.3, -0.25) is 19.6 Å². The number of hydrogen-bond acceptors (Lipinski definition) is 9. The van der Waals surface area contributed by atoms with Gasteiger partial charge in [-0.2, -0.15) is 0 Å². The monoisotopic (exact) mass is 746 g/mol. The number of carbonyl (C=O) groups is 2. The van der Waals surface area contributed by atoms with Crippen molar-refractivity contribution in [1.82, 2.24) is 9.97 Å². The van der Waals surface area contributed by atoms with Gasteiger partial charge in [0.15, 0.2) is 11.6 Å². The second-order valence-electron chi connectivity index (χ2n) is 13.2. The molecule has 2 atom stereocenters. The lowest BCUT2D eigenvalue weighted by molar-refractivity contribution is 0.0966. The lowest BCUT2D eigenvalue weighted by atomic mass is 9.89. The average molecular weight is 747 g/mol. The zero-order chi connectivity index (χ0) is 39.3. The Balaban J connectivity index is 0.000000182. The first-order chi connectivity index (χ1) is 27.5. The first-order valence-corrected chi connectivity index (χ1v) is 18.2. The summed E-state index contributed by atoms with van der Waals surface area (Å²) < 4.78 is 11.5. The lowest BCUT2D eigenvalue weighted by Crippen LogP contribution is -2.17. The van der Waals surface area contributed by atoms with E-state index < -0.39 is 0 Å². The van der Waals surface area contributed by atoms with Crippen molar-refractivity contribution in [3.63, 3.8) is 0 Å². The molecule has 11 nitrogen and oxygen atoms in total. The highest BCUT2D eigenvalue weighted by molar-refractivity contribution is 5.98. The van der Waals surface area contributed by atoms with Crippen LogP contribution in [0.1, 0.15) is 67.6 Å². The molecule has 0 aliphatic carbocycles. The number of Topliss-reactive ketones (excluding diaryl/α,β-unsaturated/α-hetero) is 2. The highest BCUT2D eigenvalue weighted by Crippen LogP contribution is 2.38. The fourth-order valence-electron chi connectivity index (χ4n) is 6.94. The number of ketones is 2. The Morgan fingerprint density at radius 1 is 0.696 bits per heavy atom. The molecule has 0 radical (unpaired) electrons. The van der Waals surface area contributed by atoms with Crippen molar-refractivity contribution < 1.29 is 24.2 Å². The standard InChI is InChI=1S/C22H18N4O2.C22H20N2O2.CH4O/c23-26-25-12-17(15-4-2-1-3-5-15)11-21(27)16-6-7-19-18(10-16)14-28-22-13-24-9-8-20(19)22;23-12-17(15-4-2-1-3-5-15)11-21(25)16-6-7-19-18(10-16)14-26-22-13-24-9-8-20(19)22;1-2/h1-10,13,17H,11-12,14H2;1-10,13,17H,11-12,14,23H2;2H,1H3/t2*17-;/m11./s1. The Morgan fingerprint density at radius 2 is 1.16 bits per heavy atom. The molecule has 2 aliphatic rings. The van der Waals surface area contributed by atoms with Gasteiger partial charge in [0.05, 0.1) is 12.4 Å². The summed E-state index contributed by atoms with van der Waals surface area (Å²) in [5, 5.41) is 10.7. The number of hydrogen-bond donors (Lipinski definition) is 2. The van der Waals surface area contributed by atoms with Crippen LogP contribution in [0.2, 0.25) is 0 Å². The van der Waals surface area contributed by atoms with E-state index in [2.05, 4.69) is 20.0 Å². The number of nitrogens with zero attached hydrogens (tertiary/aromatic N) is 5. The van der Waals surface area contributed by atoms with Gasteiger partial charge in [0.2, 0.25) is 0 Å². The topological polar surface area (TPSA) is 173 Å². The normalized spacial score (nSPS) is 12.6. The predicted molar refractivity (Wildman–Crippen MR) is 215 cm³/mol. The molecule has 11 heteroatoms. The summed E-state index contributed by atoms with van der Waals surface area (Å²) in [5.41, 5.74) is 24.2. The van der Waals surface area contributed by atoms with Crippen molar-refractivity contribution in [1.29, 1.82) is 0 Å². The van der Waals surface area contributed by atoms with Crippen LogP contribution in [-0.2, 0) is 13.2 Å². The number of aliphatic hydroxyl groups is 1. The van der Waals surface area contributed by atoms with E-state index in [0.717, 1.165) is 63.1 Å². The predicted octanol–water partition coefficient (Wildman–Crippen LogP) is 8.87. The molecule has 282 valence electrons. The number of carbonyl (C=O) groups excluding carboxylic acids is 2. The summed E-state index contributed by atoms with van der Waals surface area (Å²) in [4.78, 5) is 36.8. The number of benzene rings is 4. The molecule has 4 heterocycles. The van der Waals surface area contributed by atoms with Crippen molar-refractivity contribution in [2.24, 2.45) is 10.8 Å². The zero-order valence-corrected chi connectivity index (χ0v) is 31.0. The molecule has 3 N–H and O–H groups in total. The van der Waals surface area contributed by atoms with Gasteiger partial charge in [-0.25, -0.2) is 0 Å². The Kier molecular flexibility index (Phi) is 13.3. The second-order valence-corrected chi connectivity index (χ2v) is 13.2. The number of ether oxygens (including phenoxy) is 2. The molecule has 6 aromatic rings. The Labute approximate surface area is 325 Å². The van der Waals surface area contributed by atoms with Crippen LogP contribution < -0.4 is 15.2 Å². The van der Waals surface area contributed by atoms with Crippen LogP contribution in [0.4, 0.5) is 0 Å². The SMILES string of the molecule is CO.NC[C@@H](CC(=O)c1ccc2c(c1)COc1cnccc1-2)c1ccccc1.[N-]=[N+]=NC[C@@H](CC(=O)c1ccc2c(c1)COc1cnccc1-2)c1ccccc1. The minimum absolute atomic E-state index is 0.0188. The van der Waals surface area contributed by atoms with E-state index in [-0.39, 0.29) is 36.4 Å². The molecule has 8 rings (SSSR count). The molecule has 0 amide bonds. The third-order valence-electron chi connectivity index (χ3n) is 9.83. The lowest BCUT2D eigenvalue weighted by Gasteiger charge is -2.21. The third kappa shape index (κ3) is 9.17. The summed E-state index contributed by atoms with van der Waals surface area (Å²) in [7, 11) is 1.00. The molecule has 0 saturated heterocycles. The maximum Gasteiger partial charge on any atom is 0.163 e. The molecular formula is C45H42N6O5. The van der Waals surface area contributed by atoms with Crippen LogP contribution in [0.15, 0.2) is 139 Å². The maximum atomic E-state index is 12.9. The summed E-state index contributed by atoms with van der Waals surface area (Å²) in [6.07, 6.45) is 7.60. The molecule has 2 aromatic heterocycles. The quantitative estimate of drug-likeness (QED) is 0.0572. The van der Waals surface area contributed by atoms with E-state index in [9.17, 15) is 9.59 Å². The molecule has 0 bridgehead atoms. The van der Waals surface area contributed by atoms with Gasteiger partial charge in [-0.1, -0.05) is 90.0 Å². The molecule has 0 unspecified atom stereocenters. The average Bonchev–Trinajstić information content (AvgIpc) is 3.27. The molecular weight excluding hydrogens is 705 g/mol. The smallest absolute Gasteiger partial charge is 0.163 e. The Bertz CT molecular complexity index is 2330. The van der Waals surface area contributed by atoms with E-state index in [4.69, 9.17) is 25.8 Å². The van der Waals surface area contributed by atoms with Gasteiger partial charge >= 0.3 is 0 Å². The summed E-state index contributed by atoms with van der Waals surface area (Å²) in [5.74, 6) is 1.54. The first-order valence-electron chi connectivity index (χ1n) is 18.2. The van der Waals surface area contributed by atoms with Crippen molar-refractivity contribution in [3.05, 3.63) is 178 Å². The van der Waals surface area contributed by atoms with Gasteiger partial charge < -0.3 is 20.3 Å². The zero-order valence-electron chi connectivity index (χ0n) is 31.0. The van der Waals surface area contributed by atoms with E-state index in [1.807, 2.05) is 109 Å². The Morgan fingerprint density at radius 3 is 1.62 bits per heavy atom. The van der Waals surface area contributed by atoms with Gasteiger partial charge in [0, 0.05) is 72.0 Å². The van der Waals surface area contributed by atoms with Gasteiger partial charge in [-0.05, 0) is 75.6 Å². The van der Waals surface area contributed by atoms with Crippen LogP contribution in [0.3, 0.4) is 0 Å². The number of rotatable bonds is 11. The number of fused-ring (bicyclic) bond motifs is 6. The number of azide groups is 1. The van der Waals surface area contributed by atoms with E-state index >= 15 is 0 Å². The molecule has 56 heavy (non-hydrogen) atoms. The van der Waals surface area contributed by atoms with Crippen molar-refractivity contribution in [3.8, 4) is 33.8 Å². The first kappa shape index (κ1) is 39.1. The second kappa shape index (κ2) is 19.1. The van der Waals surface area contributed by atoms with Crippen LogP contribution in [0.5, 0.6) is 11.5 Å². The van der Waals surface area contributed by atoms with E-state index in [1.165, 1.54) is 0 Å². The molecule has 2 aliphatic heterocycles. The van der Waals surface area contributed by atoms with E-state index in [0.29, 0.717) is 37.3 Å². The fraction of sp³-hybridized carbons (Fsp3) is 0.200. The van der Waals surface area contributed by atoms with Crippen LogP contribution >= 0.6 is 0 Å². The van der Waals surface area contributed by atoms with E-state index in [1.54, 1.807) is 24.8 Å². The van der Waals surface area contributed by atoms with Crippen molar-refractivity contribution >= 4 is 11.6 Å². The molecule has 4 aromatic carbocycles. The maximum absolute atomic E-state index is 12.9. The fourth-order valence-corrected chi connectivity index (χ4v) is 6.94. The summed E-state index contributed by atoms with van der Waals surface area (Å²) in [6, 6.07) is 35.1. The number of aromatic nitrogens is 2. The van der Waals surface area contributed by atoms with Crippen LogP contribution in [0.25, 0.3) is 32.7 Å². The largest absolute Gasteiger partial charge is 0.487 e. The number of aliphatic hydroxyl groups excluding tert-OH is 1. The third-order valence-corrected chi connectivity index (χ3v) is 9.83. The Hall–Kier alpha value is -6.65. The van der Waals surface area contributed by atoms with Crippen molar-refractivity contribution in [2.45, 2.75) is 37.9 Å². The van der Waals surface area contributed by atoms with Crippen LogP contribution in [-0.4, -0.2) is 46.8 Å². The minimum Gasteiger partial charge on any atom is -0.487 e. The van der Waals surface area contributed by atoms with Crippen LogP contribution in [0, 0.1) is 0 Å². The highest BCUT2D eigenvalue weighted by atomic mass is 16.5. The van der Waals surface area contributed by atoms with Gasteiger partial charge in [0.25, 0.3) is 0 Å². The highest BCUT2D eigenvalue weighted by Gasteiger charge is 2.23. The minimum atomic E-state index is -0.149. The van der Waals surface area contributed by atoms with Gasteiger partial charge in [0.1, 0.15) is 24.7 Å². The van der Waals surface area contributed by atoms with Gasteiger partial charge in [-0.15, -0.1) is 0 Å². The molecule has 0 fully saturated rings. The number of pyridine rings is 2. The molecule has 0 spiro atoms. The number of nitrogens with two attached hydrogens (primary N) is 1. The summed E-state index contributed by atoms with van der Waals surface area (Å²) >= 11 is 0. The summed E-state index contributed by atoms with van der Waals surface area (Å²) in [6.45, 7) is 1.56.